The third kappa shape index (κ3) is 4.09. The van der Waals surface area contributed by atoms with E-state index in [1.165, 1.54) is 0 Å². The highest BCUT2D eigenvalue weighted by molar-refractivity contribution is 6.30. The van der Waals surface area contributed by atoms with Gasteiger partial charge < -0.3 is 19.0 Å². The number of ether oxygens (including phenoxy) is 1. The van der Waals surface area contributed by atoms with Crippen LogP contribution in [0, 0.1) is 0 Å². The molecule has 1 fully saturated rings. The monoisotopic (exact) mass is 424 g/mol. The van der Waals surface area contributed by atoms with Crippen LogP contribution in [0.5, 0.6) is 5.75 Å². The summed E-state index contributed by atoms with van der Waals surface area (Å²) in [5, 5.41) is 1.66. The van der Waals surface area contributed by atoms with Gasteiger partial charge in [0, 0.05) is 59.9 Å². The van der Waals surface area contributed by atoms with Gasteiger partial charge in [-0.25, -0.2) is 0 Å². The zero-order valence-electron chi connectivity index (χ0n) is 17.4. The minimum atomic E-state index is 0.0351. The Morgan fingerprint density at radius 1 is 1.13 bits per heavy atom. The van der Waals surface area contributed by atoms with Gasteiger partial charge in [-0.05, 0) is 43.3 Å². The molecule has 1 aliphatic heterocycles. The van der Waals surface area contributed by atoms with Gasteiger partial charge in [-0.2, -0.15) is 0 Å². The van der Waals surface area contributed by atoms with Gasteiger partial charge in [0.15, 0.2) is 0 Å². The first-order chi connectivity index (χ1) is 14.5. The number of fused-ring (bicyclic) bond motifs is 1. The van der Waals surface area contributed by atoms with Crippen LogP contribution in [0.4, 0.5) is 0 Å². The lowest BCUT2D eigenvalue weighted by Gasteiger charge is -2.31. The molecular formula is C24H25ClN2O3. The minimum Gasteiger partial charge on any atom is -0.496 e. The summed E-state index contributed by atoms with van der Waals surface area (Å²) in [6, 6.07) is 11.6. The summed E-state index contributed by atoms with van der Waals surface area (Å²) in [5.74, 6) is 0.715. The molecule has 0 unspecified atom stereocenters. The van der Waals surface area contributed by atoms with Crippen LogP contribution in [-0.4, -0.2) is 56.0 Å². The molecule has 156 valence electrons. The van der Waals surface area contributed by atoms with Crippen molar-refractivity contribution in [3.05, 3.63) is 59.3 Å². The Hall–Kier alpha value is -2.76. The molecule has 3 aromatic rings. The average molecular weight is 425 g/mol. The summed E-state index contributed by atoms with van der Waals surface area (Å²) < 4.78 is 11.4. The highest BCUT2D eigenvalue weighted by Crippen LogP contribution is 2.37. The van der Waals surface area contributed by atoms with E-state index < -0.39 is 0 Å². The second-order valence-corrected chi connectivity index (χ2v) is 8.10. The zero-order chi connectivity index (χ0) is 21.3. The molecule has 30 heavy (non-hydrogen) atoms. The smallest absolute Gasteiger partial charge is 0.246 e. The van der Waals surface area contributed by atoms with Gasteiger partial charge >= 0.3 is 0 Å². The number of amides is 1. The van der Waals surface area contributed by atoms with Crippen LogP contribution in [-0.2, 0) is 4.79 Å². The molecule has 0 aliphatic carbocycles. The van der Waals surface area contributed by atoms with Crippen molar-refractivity contribution < 1.29 is 13.9 Å². The van der Waals surface area contributed by atoms with E-state index in [9.17, 15) is 4.79 Å². The standard InChI is InChI=1S/C24H25ClN2O3/c1-16(12-24(28)27-10-8-26(2)9-11-27)19-13-20-21(17-4-6-18(25)7-5-17)15-30-23(20)14-22(19)29-3/h4-7,12-15H,8-11H2,1-3H3/b16-12+. The van der Waals surface area contributed by atoms with Crippen molar-refractivity contribution >= 4 is 34.1 Å². The van der Waals surface area contributed by atoms with Crippen molar-refractivity contribution in [2.75, 3.05) is 40.3 Å². The Kier molecular flexibility index (Phi) is 5.84. The first-order valence-electron chi connectivity index (χ1n) is 9.97. The number of nitrogens with zero attached hydrogens (tertiary/aromatic N) is 2. The van der Waals surface area contributed by atoms with Crippen molar-refractivity contribution in [2.24, 2.45) is 0 Å². The summed E-state index contributed by atoms with van der Waals surface area (Å²) >= 11 is 6.03. The van der Waals surface area contributed by atoms with Crippen molar-refractivity contribution in [1.29, 1.82) is 0 Å². The lowest BCUT2D eigenvalue weighted by molar-refractivity contribution is -0.127. The summed E-state index contributed by atoms with van der Waals surface area (Å²) in [4.78, 5) is 16.9. The topological polar surface area (TPSA) is 45.9 Å². The molecule has 0 spiro atoms. The number of carbonyl (C=O) groups excluding carboxylic acids is 1. The molecular weight excluding hydrogens is 400 g/mol. The molecule has 1 aliphatic rings. The van der Waals surface area contributed by atoms with Crippen LogP contribution < -0.4 is 4.74 Å². The summed E-state index contributed by atoms with van der Waals surface area (Å²) in [6.45, 7) is 5.23. The molecule has 1 saturated heterocycles. The molecule has 4 rings (SSSR count). The molecule has 2 aromatic carbocycles. The van der Waals surface area contributed by atoms with E-state index in [0.29, 0.717) is 10.8 Å². The van der Waals surface area contributed by atoms with E-state index in [1.54, 1.807) is 19.4 Å². The minimum absolute atomic E-state index is 0.0351. The second kappa shape index (κ2) is 8.54. The van der Waals surface area contributed by atoms with Gasteiger partial charge in [-0.15, -0.1) is 0 Å². The van der Waals surface area contributed by atoms with Crippen LogP contribution >= 0.6 is 11.6 Å². The maximum absolute atomic E-state index is 12.8. The number of rotatable bonds is 4. The Morgan fingerprint density at radius 2 is 1.83 bits per heavy atom. The third-order valence-electron chi connectivity index (χ3n) is 5.63. The van der Waals surface area contributed by atoms with Gasteiger partial charge in [0.1, 0.15) is 11.3 Å². The Bertz CT molecular complexity index is 1090. The van der Waals surface area contributed by atoms with Gasteiger partial charge in [0.05, 0.1) is 13.4 Å². The highest BCUT2D eigenvalue weighted by atomic mass is 35.5. The van der Waals surface area contributed by atoms with E-state index in [2.05, 4.69) is 11.9 Å². The molecule has 1 aromatic heterocycles. The van der Waals surface area contributed by atoms with E-state index in [4.69, 9.17) is 20.8 Å². The van der Waals surface area contributed by atoms with E-state index in [1.807, 2.05) is 48.2 Å². The van der Waals surface area contributed by atoms with Crippen LogP contribution in [0.15, 0.2) is 53.2 Å². The second-order valence-electron chi connectivity index (χ2n) is 7.66. The number of carbonyl (C=O) groups is 1. The van der Waals surface area contributed by atoms with Gasteiger partial charge in [-0.1, -0.05) is 23.7 Å². The number of methoxy groups -OCH3 is 1. The number of furan rings is 1. The van der Waals surface area contributed by atoms with Crippen molar-refractivity contribution in [3.8, 4) is 16.9 Å². The van der Waals surface area contributed by atoms with Crippen molar-refractivity contribution in [2.45, 2.75) is 6.92 Å². The molecule has 0 radical (unpaired) electrons. The lowest BCUT2D eigenvalue weighted by Crippen LogP contribution is -2.46. The predicted octanol–water partition coefficient (Wildman–Crippen LogP) is 4.94. The molecule has 2 heterocycles. The highest BCUT2D eigenvalue weighted by Gasteiger charge is 2.19. The largest absolute Gasteiger partial charge is 0.496 e. The van der Waals surface area contributed by atoms with Crippen LogP contribution in [0.25, 0.3) is 27.7 Å². The fourth-order valence-corrected chi connectivity index (χ4v) is 3.89. The Labute approximate surface area is 181 Å². The molecule has 0 bridgehead atoms. The summed E-state index contributed by atoms with van der Waals surface area (Å²) in [5.41, 5.74) is 4.47. The number of allylic oxidation sites excluding steroid dienone is 1. The van der Waals surface area contributed by atoms with Gasteiger partial charge in [0.25, 0.3) is 0 Å². The number of hydrogen-bond donors (Lipinski definition) is 0. The molecule has 0 saturated carbocycles. The zero-order valence-corrected chi connectivity index (χ0v) is 18.2. The maximum atomic E-state index is 12.8. The first kappa shape index (κ1) is 20.5. The summed E-state index contributed by atoms with van der Waals surface area (Å²) in [7, 11) is 3.70. The fraction of sp³-hybridized carbons (Fsp3) is 0.292. The molecule has 1 amide bonds. The normalized spacial score (nSPS) is 15.6. The van der Waals surface area contributed by atoms with E-state index >= 15 is 0 Å². The first-order valence-corrected chi connectivity index (χ1v) is 10.4. The predicted molar refractivity (Wildman–Crippen MR) is 121 cm³/mol. The average Bonchev–Trinajstić information content (AvgIpc) is 3.16. The Balaban J connectivity index is 1.71. The van der Waals surface area contributed by atoms with Crippen LogP contribution in [0.3, 0.4) is 0 Å². The van der Waals surface area contributed by atoms with Gasteiger partial charge in [-0.3, -0.25) is 4.79 Å². The quantitative estimate of drug-likeness (QED) is 0.556. The van der Waals surface area contributed by atoms with Crippen LogP contribution in [0.1, 0.15) is 12.5 Å². The molecule has 6 heteroatoms. The van der Waals surface area contributed by atoms with Crippen LogP contribution in [0.2, 0.25) is 5.02 Å². The van der Waals surface area contributed by atoms with E-state index in [-0.39, 0.29) is 5.91 Å². The molecule has 0 atom stereocenters. The molecule has 0 N–H and O–H groups in total. The number of halogens is 1. The van der Waals surface area contributed by atoms with Crippen molar-refractivity contribution in [3.63, 3.8) is 0 Å². The number of piperazine rings is 1. The third-order valence-corrected chi connectivity index (χ3v) is 5.88. The number of likely N-dealkylation sites (N-methyl/N-ethyl adjacent to an activating group) is 1. The van der Waals surface area contributed by atoms with Crippen molar-refractivity contribution in [1.82, 2.24) is 9.80 Å². The Morgan fingerprint density at radius 3 is 2.50 bits per heavy atom. The van der Waals surface area contributed by atoms with Gasteiger partial charge in [0.2, 0.25) is 5.91 Å². The number of benzene rings is 2. The SMILES string of the molecule is COc1cc2occ(-c3ccc(Cl)cc3)c2cc1/C(C)=C/C(=O)N1CCN(C)CC1. The van der Waals surface area contributed by atoms with E-state index in [0.717, 1.165) is 59.4 Å². The maximum Gasteiger partial charge on any atom is 0.246 e. The number of hydrogen-bond acceptors (Lipinski definition) is 4. The lowest BCUT2D eigenvalue weighted by atomic mass is 9.99. The fourth-order valence-electron chi connectivity index (χ4n) is 3.77. The summed E-state index contributed by atoms with van der Waals surface area (Å²) in [6.07, 6.45) is 3.45. The molecule has 5 nitrogen and oxygen atoms in total.